The number of nitrogens with zero attached hydrogens (tertiary/aromatic N) is 2. The van der Waals surface area contributed by atoms with Crippen LogP contribution in [0.4, 0.5) is 0 Å². The molecule has 1 aromatic rings. The fourth-order valence-corrected chi connectivity index (χ4v) is 3.13. The molecule has 6 nitrogen and oxygen atoms in total. The van der Waals surface area contributed by atoms with Crippen molar-refractivity contribution in [1.82, 2.24) is 15.5 Å². The number of primary amides is 1. The predicted molar refractivity (Wildman–Crippen MR) is 123 cm³/mol. The molecule has 0 aliphatic carbocycles. The molecule has 0 aromatic heterocycles. The fraction of sp³-hybridized carbons (Fsp3) is 0.600. The van der Waals surface area contributed by atoms with Crippen LogP contribution in [0.5, 0.6) is 0 Å². The molecule has 0 unspecified atom stereocenters. The summed E-state index contributed by atoms with van der Waals surface area (Å²) >= 11 is 0. The lowest BCUT2D eigenvalue weighted by atomic mass is 9.99. The Morgan fingerprint density at radius 2 is 2.04 bits per heavy atom. The van der Waals surface area contributed by atoms with Crippen molar-refractivity contribution in [3.05, 3.63) is 35.4 Å². The third kappa shape index (κ3) is 8.92. The number of rotatable bonds is 8. The Kier molecular flexibility index (Phi) is 11.3. The van der Waals surface area contributed by atoms with Crippen LogP contribution >= 0.6 is 24.0 Å². The zero-order valence-electron chi connectivity index (χ0n) is 16.5. The summed E-state index contributed by atoms with van der Waals surface area (Å²) in [6.45, 7) is 10.2. The number of hydrogen-bond donors (Lipinski definition) is 3. The Hall–Kier alpha value is -1.35. The first-order valence-electron chi connectivity index (χ1n) is 9.71. The molecule has 1 heterocycles. The molecule has 7 heteroatoms. The number of carbonyl (C=O) groups is 1. The van der Waals surface area contributed by atoms with E-state index in [9.17, 15) is 4.79 Å². The Morgan fingerprint density at radius 1 is 1.30 bits per heavy atom. The predicted octanol–water partition coefficient (Wildman–Crippen LogP) is 2.58. The van der Waals surface area contributed by atoms with Crippen LogP contribution in [0.2, 0.25) is 0 Å². The SMILES string of the molecule is CCNC(=NCc1cccc(C(N)=O)c1)NCCCN1CCC(C)CC1.I. The summed E-state index contributed by atoms with van der Waals surface area (Å²) in [6, 6.07) is 7.31. The molecule has 1 aliphatic heterocycles. The molecule has 2 rings (SSSR count). The van der Waals surface area contributed by atoms with Crippen LogP contribution in [0.3, 0.4) is 0 Å². The lowest BCUT2D eigenvalue weighted by molar-refractivity contribution is 0.1000. The molecule has 0 atom stereocenters. The maximum absolute atomic E-state index is 11.3. The summed E-state index contributed by atoms with van der Waals surface area (Å²) in [5.41, 5.74) is 6.83. The van der Waals surface area contributed by atoms with Crippen LogP contribution < -0.4 is 16.4 Å². The van der Waals surface area contributed by atoms with Gasteiger partial charge in [0.05, 0.1) is 6.54 Å². The third-order valence-electron chi connectivity index (χ3n) is 4.80. The van der Waals surface area contributed by atoms with Gasteiger partial charge in [0, 0.05) is 18.7 Å². The molecule has 152 valence electrons. The van der Waals surface area contributed by atoms with Gasteiger partial charge < -0.3 is 21.3 Å². The van der Waals surface area contributed by atoms with Gasteiger partial charge in [0.2, 0.25) is 5.91 Å². The van der Waals surface area contributed by atoms with E-state index < -0.39 is 5.91 Å². The van der Waals surface area contributed by atoms with Crippen molar-refractivity contribution < 1.29 is 4.79 Å². The second kappa shape index (κ2) is 12.9. The highest BCUT2D eigenvalue weighted by atomic mass is 127. The van der Waals surface area contributed by atoms with Crippen molar-refractivity contribution in [3.63, 3.8) is 0 Å². The van der Waals surface area contributed by atoms with Crippen LogP contribution in [0.1, 0.15) is 49.0 Å². The van der Waals surface area contributed by atoms with Crippen LogP contribution in [-0.2, 0) is 6.54 Å². The summed E-state index contributed by atoms with van der Waals surface area (Å²) < 4.78 is 0. The molecule has 1 amide bonds. The lowest BCUT2D eigenvalue weighted by Crippen LogP contribution is -2.39. The summed E-state index contributed by atoms with van der Waals surface area (Å²) in [7, 11) is 0. The van der Waals surface area contributed by atoms with Gasteiger partial charge >= 0.3 is 0 Å². The minimum Gasteiger partial charge on any atom is -0.366 e. The zero-order chi connectivity index (χ0) is 18.8. The highest BCUT2D eigenvalue weighted by molar-refractivity contribution is 14.0. The normalized spacial score (nSPS) is 15.9. The van der Waals surface area contributed by atoms with Crippen molar-refractivity contribution in [2.45, 2.75) is 39.7 Å². The van der Waals surface area contributed by atoms with Gasteiger partial charge in [-0.2, -0.15) is 0 Å². The van der Waals surface area contributed by atoms with Gasteiger partial charge in [-0.1, -0.05) is 19.1 Å². The average Bonchev–Trinajstić information content (AvgIpc) is 2.64. The van der Waals surface area contributed by atoms with Gasteiger partial charge in [-0.3, -0.25) is 4.79 Å². The quantitative estimate of drug-likeness (QED) is 0.228. The van der Waals surface area contributed by atoms with Gasteiger partial charge in [-0.15, -0.1) is 24.0 Å². The number of amides is 1. The van der Waals surface area contributed by atoms with Crippen LogP contribution in [0.25, 0.3) is 0 Å². The first-order chi connectivity index (χ1) is 12.6. The number of aliphatic imine (C=N–C) groups is 1. The van der Waals surface area contributed by atoms with Gasteiger partial charge in [-0.25, -0.2) is 4.99 Å². The highest BCUT2D eigenvalue weighted by Gasteiger charge is 2.14. The topological polar surface area (TPSA) is 82.7 Å². The number of carbonyl (C=O) groups excluding carboxylic acids is 1. The number of likely N-dealkylation sites (tertiary alicyclic amines) is 1. The fourth-order valence-electron chi connectivity index (χ4n) is 3.13. The Balaban J connectivity index is 0.00000364. The Bertz CT molecular complexity index is 600. The maximum Gasteiger partial charge on any atom is 0.248 e. The molecule has 1 aliphatic rings. The van der Waals surface area contributed by atoms with Gasteiger partial charge in [-0.05, 0) is 69.4 Å². The average molecular weight is 487 g/mol. The van der Waals surface area contributed by atoms with Crippen molar-refractivity contribution in [1.29, 1.82) is 0 Å². The number of nitrogens with one attached hydrogen (secondary N) is 2. The van der Waals surface area contributed by atoms with Crippen LogP contribution in [0, 0.1) is 5.92 Å². The molecule has 0 spiro atoms. The summed E-state index contributed by atoms with van der Waals surface area (Å²) in [4.78, 5) is 18.4. The summed E-state index contributed by atoms with van der Waals surface area (Å²) in [5, 5.41) is 6.67. The third-order valence-corrected chi connectivity index (χ3v) is 4.80. The largest absolute Gasteiger partial charge is 0.366 e. The lowest BCUT2D eigenvalue weighted by Gasteiger charge is -2.30. The molecule has 27 heavy (non-hydrogen) atoms. The Labute approximate surface area is 180 Å². The number of halogens is 1. The molecule has 4 N–H and O–H groups in total. The van der Waals surface area contributed by atoms with Crippen molar-refractivity contribution in [2.75, 3.05) is 32.7 Å². The second-order valence-corrected chi connectivity index (χ2v) is 7.06. The van der Waals surface area contributed by atoms with E-state index in [2.05, 4.69) is 34.4 Å². The first kappa shape index (κ1) is 23.7. The minimum atomic E-state index is -0.409. The summed E-state index contributed by atoms with van der Waals surface area (Å²) in [6.07, 6.45) is 3.75. The molecule has 0 saturated carbocycles. The molecule has 1 saturated heterocycles. The Morgan fingerprint density at radius 3 is 2.70 bits per heavy atom. The molecule has 0 radical (unpaired) electrons. The van der Waals surface area contributed by atoms with Crippen molar-refractivity contribution in [2.24, 2.45) is 16.6 Å². The first-order valence-corrected chi connectivity index (χ1v) is 9.71. The van der Waals surface area contributed by atoms with Gasteiger partial charge in [0.25, 0.3) is 0 Å². The van der Waals surface area contributed by atoms with Gasteiger partial charge in [0.15, 0.2) is 5.96 Å². The number of guanidine groups is 1. The molecule has 1 aromatic carbocycles. The number of hydrogen-bond acceptors (Lipinski definition) is 3. The molecular weight excluding hydrogens is 453 g/mol. The van der Waals surface area contributed by atoms with E-state index in [0.717, 1.165) is 43.5 Å². The maximum atomic E-state index is 11.3. The van der Waals surface area contributed by atoms with E-state index in [1.165, 1.54) is 25.9 Å². The number of nitrogens with two attached hydrogens (primary N) is 1. The molecule has 0 bridgehead atoms. The zero-order valence-corrected chi connectivity index (χ0v) is 18.9. The minimum absolute atomic E-state index is 0. The molecule has 1 fully saturated rings. The monoisotopic (exact) mass is 487 g/mol. The van der Waals surface area contributed by atoms with Crippen molar-refractivity contribution in [3.8, 4) is 0 Å². The van der Waals surface area contributed by atoms with E-state index in [-0.39, 0.29) is 24.0 Å². The highest BCUT2D eigenvalue weighted by Crippen LogP contribution is 2.15. The van der Waals surface area contributed by atoms with Gasteiger partial charge in [0.1, 0.15) is 0 Å². The smallest absolute Gasteiger partial charge is 0.248 e. The molecular formula is C20H34IN5O. The van der Waals surface area contributed by atoms with E-state index in [0.29, 0.717) is 12.1 Å². The van der Waals surface area contributed by atoms with Crippen LogP contribution in [-0.4, -0.2) is 49.5 Å². The van der Waals surface area contributed by atoms with Crippen LogP contribution in [0.15, 0.2) is 29.3 Å². The number of benzene rings is 1. The number of piperidine rings is 1. The van der Waals surface area contributed by atoms with Crippen molar-refractivity contribution >= 4 is 35.8 Å². The van der Waals surface area contributed by atoms with E-state index in [1.807, 2.05) is 12.1 Å². The second-order valence-electron chi connectivity index (χ2n) is 7.06. The van der Waals surface area contributed by atoms with E-state index >= 15 is 0 Å². The van der Waals surface area contributed by atoms with E-state index in [1.54, 1.807) is 12.1 Å². The standard InChI is InChI=1S/C20H33N5O.HI/c1-3-22-20(23-10-5-11-25-12-8-16(2)9-13-25)24-15-17-6-4-7-18(14-17)19(21)26;/h4,6-7,14,16H,3,5,8-13,15H2,1-2H3,(H2,21,26)(H2,22,23,24);1H. The summed E-state index contributed by atoms with van der Waals surface area (Å²) in [5.74, 6) is 1.28. The van der Waals surface area contributed by atoms with E-state index in [4.69, 9.17) is 5.73 Å².